The molecule has 3 heteroatoms. The molecule has 3 nitrogen and oxygen atoms in total. The van der Waals surface area contributed by atoms with Crippen LogP contribution >= 0.6 is 0 Å². The number of quaternary nitrogens is 1. The minimum Gasteiger partial charge on any atom is -0.326 e. The van der Waals surface area contributed by atoms with Crippen molar-refractivity contribution in [1.82, 2.24) is 0 Å². The maximum atomic E-state index is 12.2. The zero-order chi connectivity index (χ0) is 15.4. The van der Waals surface area contributed by atoms with Crippen LogP contribution < -0.4 is 10.2 Å². The van der Waals surface area contributed by atoms with Crippen LogP contribution in [0.15, 0.2) is 48.5 Å². The van der Waals surface area contributed by atoms with Gasteiger partial charge in [-0.15, -0.1) is 0 Å². The summed E-state index contributed by atoms with van der Waals surface area (Å²) in [4.78, 5) is 13.4. The van der Waals surface area contributed by atoms with Gasteiger partial charge in [-0.2, -0.15) is 0 Å². The van der Waals surface area contributed by atoms with Gasteiger partial charge >= 0.3 is 0 Å². The van der Waals surface area contributed by atoms with E-state index in [9.17, 15) is 4.79 Å². The molecule has 0 fully saturated rings. The summed E-state index contributed by atoms with van der Waals surface area (Å²) in [6.45, 7) is 1.34. The molecule has 0 bridgehead atoms. The first-order valence-corrected chi connectivity index (χ1v) is 7.97. The molecule has 1 aliphatic rings. The highest BCUT2D eigenvalue weighted by Crippen LogP contribution is 2.24. The van der Waals surface area contributed by atoms with Gasteiger partial charge in [0.1, 0.15) is 6.54 Å². The number of nitrogens with one attached hydrogen (secondary N) is 2. The van der Waals surface area contributed by atoms with Crippen LogP contribution in [0.4, 0.5) is 5.69 Å². The molecular formula is C19H23N2O+. The number of aryl methyl sites for hydroxylation is 2. The van der Waals surface area contributed by atoms with E-state index < -0.39 is 0 Å². The maximum absolute atomic E-state index is 12.2. The molecule has 0 spiro atoms. The summed E-state index contributed by atoms with van der Waals surface area (Å²) in [6.07, 6.45) is 3.54. The quantitative estimate of drug-likeness (QED) is 0.867. The fraction of sp³-hybridized carbons (Fsp3) is 0.316. The fourth-order valence-corrected chi connectivity index (χ4v) is 3.14. The lowest BCUT2D eigenvalue weighted by molar-refractivity contribution is -0.885. The van der Waals surface area contributed by atoms with Crippen LogP contribution in [0.3, 0.4) is 0 Å². The minimum absolute atomic E-state index is 0.0754. The number of rotatable bonds is 5. The lowest BCUT2D eigenvalue weighted by Gasteiger charge is -2.14. The van der Waals surface area contributed by atoms with Crippen molar-refractivity contribution in [2.45, 2.75) is 25.8 Å². The van der Waals surface area contributed by atoms with Crippen molar-refractivity contribution >= 4 is 11.6 Å². The number of carbonyl (C=O) groups is 1. The molecule has 0 aliphatic heterocycles. The highest BCUT2D eigenvalue weighted by Gasteiger charge is 2.14. The molecule has 1 atom stereocenters. The van der Waals surface area contributed by atoms with E-state index in [1.807, 2.05) is 24.3 Å². The molecule has 0 saturated heterocycles. The van der Waals surface area contributed by atoms with E-state index in [-0.39, 0.29) is 5.91 Å². The third-order valence-corrected chi connectivity index (χ3v) is 4.19. The number of fused-ring (bicyclic) bond motifs is 1. The molecule has 2 N–H and O–H groups in total. The first-order chi connectivity index (χ1) is 10.7. The van der Waals surface area contributed by atoms with Crippen LogP contribution in [-0.2, 0) is 24.2 Å². The number of anilines is 1. The molecule has 1 unspecified atom stereocenters. The molecule has 1 aliphatic carbocycles. The van der Waals surface area contributed by atoms with Crippen LogP contribution in [0.2, 0.25) is 0 Å². The van der Waals surface area contributed by atoms with E-state index in [2.05, 4.69) is 36.6 Å². The molecule has 0 saturated carbocycles. The third kappa shape index (κ3) is 3.74. The Morgan fingerprint density at radius 2 is 1.86 bits per heavy atom. The normalized spacial score (nSPS) is 14.4. The minimum atomic E-state index is 0.0754. The van der Waals surface area contributed by atoms with Gasteiger partial charge in [0, 0.05) is 11.3 Å². The van der Waals surface area contributed by atoms with Crippen LogP contribution in [0, 0.1) is 0 Å². The van der Waals surface area contributed by atoms with Gasteiger partial charge in [0.05, 0.1) is 7.05 Å². The Morgan fingerprint density at radius 3 is 2.68 bits per heavy atom. The Morgan fingerprint density at radius 1 is 1.09 bits per heavy atom. The van der Waals surface area contributed by atoms with Gasteiger partial charge in [-0.25, -0.2) is 0 Å². The smallest absolute Gasteiger partial charge is 0.279 e. The van der Waals surface area contributed by atoms with Crippen LogP contribution in [0.1, 0.15) is 23.1 Å². The van der Waals surface area contributed by atoms with Gasteiger partial charge in [0.15, 0.2) is 6.54 Å². The van der Waals surface area contributed by atoms with Gasteiger partial charge in [-0.05, 0) is 42.5 Å². The van der Waals surface area contributed by atoms with E-state index in [1.165, 1.54) is 34.4 Å². The zero-order valence-corrected chi connectivity index (χ0v) is 13.1. The van der Waals surface area contributed by atoms with Gasteiger partial charge in [-0.1, -0.05) is 36.4 Å². The predicted molar refractivity (Wildman–Crippen MR) is 89.0 cm³/mol. The topological polar surface area (TPSA) is 33.5 Å². The Balaban J connectivity index is 1.54. The predicted octanol–water partition coefficient (Wildman–Crippen LogP) is 1.83. The van der Waals surface area contributed by atoms with Gasteiger partial charge in [0.25, 0.3) is 5.91 Å². The van der Waals surface area contributed by atoms with Crippen molar-refractivity contribution in [3.05, 3.63) is 65.2 Å². The molecule has 1 amide bonds. The van der Waals surface area contributed by atoms with Crippen LogP contribution in [-0.4, -0.2) is 19.5 Å². The van der Waals surface area contributed by atoms with Crippen molar-refractivity contribution in [3.8, 4) is 0 Å². The lowest BCUT2D eigenvalue weighted by atomic mass is 10.1. The monoisotopic (exact) mass is 295 g/mol. The number of hydrogen-bond donors (Lipinski definition) is 2. The van der Waals surface area contributed by atoms with Crippen molar-refractivity contribution in [2.75, 3.05) is 18.9 Å². The van der Waals surface area contributed by atoms with Crippen molar-refractivity contribution in [3.63, 3.8) is 0 Å². The van der Waals surface area contributed by atoms with Crippen molar-refractivity contribution < 1.29 is 9.69 Å². The van der Waals surface area contributed by atoms with Gasteiger partial charge in [0.2, 0.25) is 0 Å². The number of hydrogen-bond acceptors (Lipinski definition) is 1. The van der Waals surface area contributed by atoms with E-state index >= 15 is 0 Å². The van der Waals surface area contributed by atoms with Crippen molar-refractivity contribution in [1.29, 1.82) is 0 Å². The average Bonchev–Trinajstić information content (AvgIpc) is 2.95. The number of carbonyl (C=O) groups excluding carboxylic acids is 1. The highest BCUT2D eigenvalue weighted by molar-refractivity contribution is 5.91. The second-order valence-corrected chi connectivity index (χ2v) is 6.18. The third-order valence-electron chi connectivity index (χ3n) is 4.19. The Kier molecular flexibility index (Phi) is 4.54. The van der Waals surface area contributed by atoms with E-state index in [0.29, 0.717) is 6.54 Å². The summed E-state index contributed by atoms with van der Waals surface area (Å²) in [5, 5.41) is 3.03. The van der Waals surface area contributed by atoms with Crippen LogP contribution in [0.5, 0.6) is 0 Å². The number of likely N-dealkylation sites (N-methyl/N-ethyl adjacent to an activating group) is 1. The molecule has 2 aromatic carbocycles. The molecule has 114 valence electrons. The van der Waals surface area contributed by atoms with E-state index in [1.54, 1.807) is 0 Å². The first-order valence-electron chi connectivity index (χ1n) is 7.97. The summed E-state index contributed by atoms with van der Waals surface area (Å²) in [7, 11) is 2.05. The molecule has 3 rings (SSSR count). The maximum Gasteiger partial charge on any atom is 0.279 e. The Hall–Kier alpha value is -2.13. The van der Waals surface area contributed by atoms with Gasteiger partial charge < -0.3 is 10.2 Å². The van der Waals surface area contributed by atoms with Crippen LogP contribution in [0.25, 0.3) is 0 Å². The summed E-state index contributed by atoms with van der Waals surface area (Å²) >= 11 is 0. The Labute approximate surface area is 132 Å². The highest BCUT2D eigenvalue weighted by atomic mass is 16.2. The Bertz CT molecular complexity index is 652. The second kappa shape index (κ2) is 6.75. The second-order valence-electron chi connectivity index (χ2n) is 6.18. The van der Waals surface area contributed by atoms with E-state index in [4.69, 9.17) is 0 Å². The zero-order valence-electron chi connectivity index (χ0n) is 13.1. The number of amides is 1. The molecule has 0 heterocycles. The summed E-state index contributed by atoms with van der Waals surface area (Å²) in [5.74, 6) is 0.0754. The molecule has 2 aromatic rings. The largest absolute Gasteiger partial charge is 0.326 e. The molecule has 22 heavy (non-hydrogen) atoms. The molecule has 0 aromatic heterocycles. The lowest BCUT2D eigenvalue weighted by Crippen LogP contribution is -3.08. The fourth-order valence-electron chi connectivity index (χ4n) is 3.14. The molecule has 0 radical (unpaired) electrons. The number of benzene rings is 2. The summed E-state index contributed by atoms with van der Waals surface area (Å²) in [5.41, 5.74) is 5.01. The van der Waals surface area contributed by atoms with Crippen molar-refractivity contribution in [2.24, 2.45) is 0 Å². The van der Waals surface area contributed by atoms with E-state index in [0.717, 1.165) is 18.7 Å². The van der Waals surface area contributed by atoms with Gasteiger partial charge in [-0.3, -0.25) is 4.79 Å². The summed E-state index contributed by atoms with van der Waals surface area (Å²) in [6, 6.07) is 16.6. The first kappa shape index (κ1) is 14.8. The standard InChI is InChI=1S/C19H22N2O/c1-21(13-15-6-3-2-4-7-15)14-19(22)20-18-11-10-16-8-5-9-17(16)12-18/h2-4,6-7,10-12H,5,8-9,13-14H2,1H3,(H,20,22)/p+1. The summed E-state index contributed by atoms with van der Waals surface area (Å²) < 4.78 is 0. The SMILES string of the molecule is C[NH+](CC(=O)Nc1ccc2c(c1)CCC2)Cc1ccccc1. The molecular weight excluding hydrogens is 272 g/mol. The average molecular weight is 295 g/mol.